The van der Waals surface area contributed by atoms with Gasteiger partial charge < -0.3 is 29.8 Å². The van der Waals surface area contributed by atoms with Gasteiger partial charge >= 0.3 is 12.2 Å². The number of carbonyl (C=O) groups excluding carboxylic acids is 2. The number of alkyl halides is 3. The third-order valence-electron chi connectivity index (χ3n) is 8.31. The topological polar surface area (TPSA) is 107 Å². The van der Waals surface area contributed by atoms with Gasteiger partial charge in [-0.1, -0.05) is 59.6 Å². The monoisotopic (exact) mass is 705 g/mol. The first kappa shape index (κ1) is 35.1. The predicted octanol–water partition coefficient (Wildman–Crippen LogP) is 7.56. The van der Waals surface area contributed by atoms with Gasteiger partial charge in [-0.3, -0.25) is 4.79 Å². The number of hydrogen-bond donors (Lipinski definition) is 2. The van der Waals surface area contributed by atoms with Crippen molar-refractivity contribution >= 4 is 52.7 Å². The summed E-state index contributed by atoms with van der Waals surface area (Å²) in [5.74, 6) is -1.12. The van der Waals surface area contributed by atoms with Crippen LogP contribution in [0.1, 0.15) is 60.8 Å². The highest BCUT2D eigenvalue weighted by Gasteiger charge is 2.42. The average Bonchev–Trinajstić information content (AvgIpc) is 3.41. The highest BCUT2D eigenvalue weighted by Crippen LogP contribution is 2.36. The Labute approximate surface area is 286 Å². The van der Waals surface area contributed by atoms with Gasteiger partial charge in [-0.15, -0.1) is 0 Å². The summed E-state index contributed by atoms with van der Waals surface area (Å²) in [4.78, 5) is 39.4. The Bertz CT molecular complexity index is 1650. The fourth-order valence-corrected chi connectivity index (χ4v) is 6.13. The maximum atomic E-state index is 13.9. The largest absolute Gasteiger partial charge is 0.437 e. The molecular weight excluding hydrogens is 670 g/mol. The van der Waals surface area contributed by atoms with Crippen molar-refractivity contribution in [1.82, 2.24) is 20.2 Å². The minimum Gasteiger partial charge on any atom is -0.417 e. The molecule has 4 heterocycles. The number of urea groups is 1. The smallest absolute Gasteiger partial charge is 0.417 e. The van der Waals surface area contributed by atoms with Crippen molar-refractivity contribution in [3.63, 3.8) is 0 Å². The van der Waals surface area contributed by atoms with E-state index in [2.05, 4.69) is 20.6 Å². The number of benzene rings is 1. The second-order valence-corrected chi connectivity index (χ2v) is 12.5. The molecule has 1 aromatic carbocycles. The van der Waals surface area contributed by atoms with Crippen LogP contribution in [0.25, 0.3) is 0 Å². The lowest BCUT2D eigenvalue weighted by molar-refractivity contribution is -0.141. The lowest BCUT2D eigenvalue weighted by Crippen LogP contribution is -2.42. The highest BCUT2D eigenvalue weighted by molar-refractivity contribution is 6.35. The molecule has 2 N–H and O–H groups in total. The zero-order chi connectivity index (χ0) is 34.4. The molecule has 10 nitrogen and oxygen atoms in total. The van der Waals surface area contributed by atoms with E-state index < -0.39 is 23.5 Å². The van der Waals surface area contributed by atoms with Crippen LogP contribution in [0.5, 0.6) is 0 Å². The van der Waals surface area contributed by atoms with Crippen molar-refractivity contribution < 1.29 is 27.2 Å². The van der Waals surface area contributed by atoms with Crippen LogP contribution in [-0.4, -0.2) is 66.1 Å². The third-order valence-corrected chi connectivity index (χ3v) is 8.90. The summed E-state index contributed by atoms with van der Waals surface area (Å²) in [5.41, 5.74) is 0.338. The van der Waals surface area contributed by atoms with Crippen molar-refractivity contribution in [3.05, 3.63) is 87.5 Å². The molecule has 2 aliphatic rings. The quantitative estimate of drug-likeness (QED) is 0.244. The van der Waals surface area contributed by atoms with E-state index in [1.165, 1.54) is 11.8 Å². The van der Waals surface area contributed by atoms with Crippen molar-refractivity contribution in [2.24, 2.45) is 0 Å². The number of piperidine rings is 1. The van der Waals surface area contributed by atoms with Gasteiger partial charge in [0.05, 0.1) is 22.6 Å². The Kier molecular flexibility index (Phi) is 11.2. The minimum atomic E-state index is -4.89. The molecule has 2 fully saturated rings. The number of anilines is 3. The second kappa shape index (κ2) is 15.3. The molecule has 256 valence electrons. The molecule has 0 bridgehead atoms. The highest BCUT2D eigenvalue weighted by atomic mass is 35.5. The van der Waals surface area contributed by atoms with Gasteiger partial charge in [-0.05, 0) is 56.7 Å². The summed E-state index contributed by atoms with van der Waals surface area (Å²) in [7, 11) is 0. The maximum Gasteiger partial charge on any atom is 0.437 e. The summed E-state index contributed by atoms with van der Waals surface area (Å²) in [6.07, 6.45) is 0.193. The van der Waals surface area contributed by atoms with E-state index >= 15 is 0 Å². The van der Waals surface area contributed by atoms with Gasteiger partial charge in [-0.2, -0.15) is 18.2 Å². The van der Waals surface area contributed by atoms with E-state index in [0.29, 0.717) is 80.1 Å². The van der Waals surface area contributed by atoms with E-state index in [1.807, 2.05) is 35.2 Å². The molecule has 0 radical (unpaired) electrons. The van der Waals surface area contributed by atoms with Crippen molar-refractivity contribution in [2.75, 3.05) is 54.4 Å². The van der Waals surface area contributed by atoms with Gasteiger partial charge in [0, 0.05) is 44.3 Å². The van der Waals surface area contributed by atoms with E-state index in [4.69, 9.17) is 27.6 Å². The van der Waals surface area contributed by atoms with E-state index in [9.17, 15) is 22.8 Å². The molecule has 5 rings (SSSR count). The number of nitrogens with zero attached hydrogens (tertiary/aromatic N) is 5. The Morgan fingerprint density at radius 3 is 2.33 bits per heavy atom. The Morgan fingerprint density at radius 1 is 0.979 bits per heavy atom. The summed E-state index contributed by atoms with van der Waals surface area (Å²) in [6.45, 7) is 6.23. The SMILES string of the molecule is C/C=C(Cl)\C(NC(=O)N1CCCN(c2ccc(NC(=O)c3oc(N4CCC(c5ccccc5)CC4)nc3C(F)(F)F)cn2)CC1)=C(/C)Cl. The maximum absolute atomic E-state index is 13.9. The van der Waals surface area contributed by atoms with Crippen LogP contribution < -0.4 is 20.4 Å². The van der Waals surface area contributed by atoms with Crippen molar-refractivity contribution in [3.8, 4) is 0 Å². The normalized spacial score (nSPS) is 17.1. The standard InChI is InChI=1S/C33H36Cl2F3N7O3/c1-3-25(35)27(21(2)34)41-31(47)44-15-7-14-43(18-19-44)26-11-10-24(20-39-26)40-30(46)28-29(33(36,37)38)42-32(48-28)45-16-12-23(13-17-45)22-8-5-4-6-9-22/h3-6,8-11,20,23H,7,12-19H2,1-2H3,(H,40,46)(H,41,47)/b25-3+,27-21-. The summed E-state index contributed by atoms with van der Waals surface area (Å²) >= 11 is 12.3. The molecule has 0 aliphatic carbocycles. The summed E-state index contributed by atoms with van der Waals surface area (Å²) < 4.78 is 47.3. The molecule has 48 heavy (non-hydrogen) atoms. The lowest BCUT2D eigenvalue weighted by atomic mass is 9.90. The summed E-state index contributed by atoms with van der Waals surface area (Å²) in [6, 6.07) is 12.6. The Balaban J connectivity index is 1.20. The zero-order valence-electron chi connectivity index (χ0n) is 26.5. The first-order valence-electron chi connectivity index (χ1n) is 15.6. The molecule has 2 saturated heterocycles. The number of nitrogens with one attached hydrogen (secondary N) is 2. The van der Waals surface area contributed by atoms with Crippen LogP contribution in [0, 0.1) is 0 Å². The van der Waals surface area contributed by atoms with E-state index in [0.717, 1.165) is 0 Å². The third kappa shape index (κ3) is 8.43. The molecule has 0 spiro atoms. The molecule has 3 aromatic rings. The number of hydrogen-bond acceptors (Lipinski definition) is 7. The first-order valence-corrected chi connectivity index (χ1v) is 16.3. The molecule has 0 saturated carbocycles. The number of pyridine rings is 1. The van der Waals surface area contributed by atoms with Crippen LogP contribution >= 0.6 is 23.2 Å². The van der Waals surface area contributed by atoms with Crippen LogP contribution in [0.4, 0.5) is 35.5 Å². The molecule has 0 atom stereocenters. The van der Waals surface area contributed by atoms with Gasteiger partial charge in [0.2, 0.25) is 5.76 Å². The Morgan fingerprint density at radius 2 is 1.71 bits per heavy atom. The number of rotatable bonds is 7. The average molecular weight is 707 g/mol. The van der Waals surface area contributed by atoms with Crippen LogP contribution in [-0.2, 0) is 6.18 Å². The van der Waals surface area contributed by atoms with Crippen molar-refractivity contribution in [1.29, 1.82) is 0 Å². The minimum absolute atomic E-state index is 0.186. The van der Waals surface area contributed by atoms with Gasteiger partial charge in [-0.25, -0.2) is 9.78 Å². The molecule has 2 aromatic heterocycles. The fourth-order valence-electron chi connectivity index (χ4n) is 5.74. The van der Waals surface area contributed by atoms with Gasteiger partial charge in [0.1, 0.15) is 5.82 Å². The fraction of sp³-hybridized carbons (Fsp3) is 0.394. The first-order chi connectivity index (χ1) is 22.9. The summed E-state index contributed by atoms with van der Waals surface area (Å²) in [5, 5.41) is 5.92. The van der Waals surface area contributed by atoms with Gasteiger partial charge in [0.25, 0.3) is 11.9 Å². The number of oxazole rings is 1. The number of allylic oxidation sites excluding steroid dienone is 3. The van der Waals surface area contributed by atoms with Crippen molar-refractivity contribution in [2.45, 2.75) is 45.2 Å². The zero-order valence-corrected chi connectivity index (χ0v) is 28.0. The lowest BCUT2D eigenvalue weighted by Gasteiger charge is -2.31. The van der Waals surface area contributed by atoms with E-state index in [1.54, 1.807) is 41.9 Å². The molecule has 2 aliphatic heterocycles. The Hall–Kier alpha value is -4.23. The molecular formula is C33H36Cl2F3N7O3. The number of amides is 3. The number of aromatic nitrogens is 2. The van der Waals surface area contributed by atoms with E-state index in [-0.39, 0.29) is 23.7 Å². The van der Waals surface area contributed by atoms with Crippen LogP contribution in [0.3, 0.4) is 0 Å². The molecule has 15 heteroatoms. The predicted molar refractivity (Wildman–Crippen MR) is 179 cm³/mol. The molecule has 0 unspecified atom stereocenters. The second-order valence-electron chi connectivity index (χ2n) is 11.5. The number of halogens is 5. The number of carbonyl (C=O) groups is 2. The molecule has 3 amide bonds. The van der Waals surface area contributed by atoms with Crippen LogP contribution in [0.15, 0.2) is 74.9 Å². The van der Waals surface area contributed by atoms with Gasteiger partial charge in [0.15, 0.2) is 5.69 Å². The van der Waals surface area contributed by atoms with Crippen LogP contribution in [0.2, 0.25) is 0 Å².